The predicted molar refractivity (Wildman–Crippen MR) is 123 cm³/mol. The Hall–Kier alpha value is -3.13. The van der Waals surface area contributed by atoms with Crippen LogP contribution in [0.2, 0.25) is 0 Å². The zero-order valence-electron chi connectivity index (χ0n) is 17.7. The SMILES string of the molecule is CC(C)N(C(=O)c1ccccc1/C(=C/c1ccccc1)c1ccccc1)C(C)C. The fraction of sp³-hybridized carbons (Fsp3) is 0.222. The highest BCUT2D eigenvalue weighted by molar-refractivity contribution is 6.04. The van der Waals surface area contributed by atoms with Crippen molar-refractivity contribution >= 4 is 17.6 Å². The van der Waals surface area contributed by atoms with Gasteiger partial charge in [0.05, 0.1) is 0 Å². The number of carbonyl (C=O) groups excluding carboxylic acids is 1. The average molecular weight is 384 g/mol. The number of hydrogen-bond acceptors (Lipinski definition) is 1. The lowest BCUT2D eigenvalue weighted by Gasteiger charge is -2.31. The van der Waals surface area contributed by atoms with Crippen molar-refractivity contribution in [1.29, 1.82) is 0 Å². The largest absolute Gasteiger partial charge is 0.334 e. The number of benzene rings is 3. The summed E-state index contributed by atoms with van der Waals surface area (Å²) in [5, 5.41) is 0. The van der Waals surface area contributed by atoms with Crippen LogP contribution in [0.5, 0.6) is 0 Å². The third-order valence-corrected chi connectivity index (χ3v) is 4.99. The van der Waals surface area contributed by atoms with Gasteiger partial charge in [-0.1, -0.05) is 78.9 Å². The molecular weight excluding hydrogens is 354 g/mol. The maximum absolute atomic E-state index is 13.5. The first-order chi connectivity index (χ1) is 14.0. The molecule has 0 aromatic heterocycles. The van der Waals surface area contributed by atoms with Gasteiger partial charge >= 0.3 is 0 Å². The van der Waals surface area contributed by atoms with E-state index in [1.165, 1.54) is 0 Å². The van der Waals surface area contributed by atoms with Gasteiger partial charge in [0.15, 0.2) is 0 Å². The Labute approximate surface area is 174 Å². The standard InChI is InChI=1S/C27H29NO/c1-20(2)28(21(3)4)27(29)25-18-12-11-17-24(25)26(23-15-9-6-10-16-23)19-22-13-7-5-8-14-22/h5-21H,1-4H3/b26-19+. The molecule has 1 amide bonds. The zero-order valence-corrected chi connectivity index (χ0v) is 17.7. The lowest BCUT2D eigenvalue weighted by atomic mass is 9.91. The molecule has 0 bridgehead atoms. The van der Waals surface area contributed by atoms with Crippen LogP contribution in [0.15, 0.2) is 84.9 Å². The Morgan fingerprint density at radius 2 is 1.17 bits per heavy atom. The molecule has 0 radical (unpaired) electrons. The molecule has 148 valence electrons. The molecule has 3 rings (SSSR count). The molecular formula is C27H29NO. The normalized spacial score (nSPS) is 11.7. The van der Waals surface area contributed by atoms with Crippen LogP contribution in [0.25, 0.3) is 11.6 Å². The molecule has 0 aliphatic heterocycles. The number of amides is 1. The number of rotatable bonds is 6. The van der Waals surface area contributed by atoms with Gasteiger partial charge in [-0.05, 0) is 62.1 Å². The summed E-state index contributed by atoms with van der Waals surface area (Å²) in [7, 11) is 0. The summed E-state index contributed by atoms with van der Waals surface area (Å²) in [4.78, 5) is 15.5. The van der Waals surface area contributed by atoms with Gasteiger partial charge in [0.1, 0.15) is 0 Å². The Morgan fingerprint density at radius 1 is 0.690 bits per heavy atom. The molecule has 0 unspecified atom stereocenters. The summed E-state index contributed by atoms with van der Waals surface area (Å²) in [5.41, 5.74) is 4.95. The van der Waals surface area contributed by atoms with Crippen molar-refractivity contribution in [3.8, 4) is 0 Å². The topological polar surface area (TPSA) is 20.3 Å². The molecule has 2 nitrogen and oxygen atoms in total. The summed E-state index contributed by atoms with van der Waals surface area (Å²) < 4.78 is 0. The van der Waals surface area contributed by atoms with E-state index in [1.54, 1.807) is 0 Å². The molecule has 29 heavy (non-hydrogen) atoms. The van der Waals surface area contributed by atoms with Crippen LogP contribution in [0.4, 0.5) is 0 Å². The smallest absolute Gasteiger partial charge is 0.254 e. The molecule has 0 atom stereocenters. The Morgan fingerprint density at radius 3 is 1.72 bits per heavy atom. The van der Waals surface area contributed by atoms with Gasteiger partial charge in [0.25, 0.3) is 5.91 Å². The minimum Gasteiger partial charge on any atom is -0.334 e. The highest BCUT2D eigenvalue weighted by Gasteiger charge is 2.24. The number of carbonyl (C=O) groups is 1. The summed E-state index contributed by atoms with van der Waals surface area (Å²) in [5.74, 6) is 0.0699. The second-order valence-electron chi connectivity index (χ2n) is 7.78. The van der Waals surface area contributed by atoms with E-state index in [-0.39, 0.29) is 18.0 Å². The minimum atomic E-state index is 0.0699. The van der Waals surface area contributed by atoms with Crippen LogP contribution in [0.3, 0.4) is 0 Å². The number of nitrogens with zero attached hydrogens (tertiary/aromatic N) is 1. The van der Waals surface area contributed by atoms with E-state index in [9.17, 15) is 4.79 Å². The molecule has 0 saturated carbocycles. The van der Waals surface area contributed by atoms with Crippen LogP contribution in [0.1, 0.15) is 54.7 Å². The van der Waals surface area contributed by atoms with Crippen molar-refractivity contribution in [2.24, 2.45) is 0 Å². The molecule has 0 heterocycles. The van der Waals surface area contributed by atoms with E-state index < -0.39 is 0 Å². The molecule has 3 aromatic carbocycles. The minimum absolute atomic E-state index is 0.0699. The quantitative estimate of drug-likeness (QED) is 0.443. The van der Waals surface area contributed by atoms with Crippen LogP contribution in [-0.4, -0.2) is 22.9 Å². The maximum atomic E-state index is 13.5. The van der Waals surface area contributed by atoms with Crippen molar-refractivity contribution in [2.75, 3.05) is 0 Å². The van der Waals surface area contributed by atoms with E-state index in [0.717, 1.165) is 27.8 Å². The number of hydrogen-bond donors (Lipinski definition) is 0. The molecule has 0 saturated heterocycles. The van der Waals surface area contributed by atoms with Crippen molar-refractivity contribution in [3.63, 3.8) is 0 Å². The lowest BCUT2D eigenvalue weighted by Crippen LogP contribution is -2.42. The molecule has 0 N–H and O–H groups in total. The van der Waals surface area contributed by atoms with Crippen molar-refractivity contribution < 1.29 is 4.79 Å². The van der Waals surface area contributed by atoms with Gasteiger partial charge < -0.3 is 4.90 Å². The first-order valence-corrected chi connectivity index (χ1v) is 10.2. The van der Waals surface area contributed by atoms with Gasteiger partial charge in [-0.3, -0.25) is 4.79 Å². The second-order valence-corrected chi connectivity index (χ2v) is 7.78. The van der Waals surface area contributed by atoms with E-state index in [1.807, 2.05) is 65.6 Å². The first kappa shape index (κ1) is 20.6. The van der Waals surface area contributed by atoms with Crippen molar-refractivity contribution in [2.45, 2.75) is 39.8 Å². The van der Waals surface area contributed by atoms with E-state index >= 15 is 0 Å². The van der Waals surface area contributed by atoms with Crippen molar-refractivity contribution in [1.82, 2.24) is 4.90 Å². The van der Waals surface area contributed by atoms with E-state index in [4.69, 9.17) is 0 Å². The Bertz CT molecular complexity index is 964. The lowest BCUT2D eigenvalue weighted by molar-refractivity contribution is 0.0643. The second kappa shape index (κ2) is 9.38. The van der Waals surface area contributed by atoms with Crippen LogP contribution >= 0.6 is 0 Å². The van der Waals surface area contributed by atoms with Crippen molar-refractivity contribution in [3.05, 3.63) is 107 Å². The Kier molecular flexibility index (Phi) is 6.66. The third-order valence-electron chi connectivity index (χ3n) is 4.99. The highest BCUT2D eigenvalue weighted by atomic mass is 16.2. The molecule has 0 fully saturated rings. The average Bonchev–Trinajstić information content (AvgIpc) is 2.73. The Balaban J connectivity index is 2.18. The molecule has 0 spiro atoms. The van der Waals surface area contributed by atoms with Crippen LogP contribution in [0, 0.1) is 0 Å². The van der Waals surface area contributed by atoms with Crippen LogP contribution in [-0.2, 0) is 0 Å². The van der Waals surface area contributed by atoms with Gasteiger partial charge in [0, 0.05) is 17.6 Å². The molecule has 2 heteroatoms. The van der Waals surface area contributed by atoms with E-state index in [0.29, 0.717) is 0 Å². The molecule has 0 aliphatic carbocycles. The zero-order chi connectivity index (χ0) is 20.8. The summed E-state index contributed by atoms with van der Waals surface area (Å²) >= 11 is 0. The van der Waals surface area contributed by atoms with Gasteiger partial charge in [-0.2, -0.15) is 0 Å². The maximum Gasteiger partial charge on any atom is 0.254 e. The first-order valence-electron chi connectivity index (χ1n) is 10.2. The summed E-state index contributed by atoms with van der Waals surface area (Å²) in [6.07, 6.45) is 2.16. The summed E-state index contributed by atoms with van der Waals surface area (Å²) in [6, 6.07) is 28.7. The summed E-state index contributed by atoms with van der Waals surface area (Å²) in [6.45, 7) is 8.27. The predicted octanol–water partition coefficient (Wildman–Crippen LogP) is 6.53. The van der Waals surface area contributed by atoms with E-state index in [2.05, 4.69) is 58.0 Å². The fourth-order valence-electron chi connectivity index (χ4n) is 3.76. The van der Waals surface area contributed by atoms with Gasteiger partial charge in [-0.15, -0.1) is 0 Å². The van der Waals surface area contributed by atoms with Gasteiger partial charge in [0.2, 0.25) is 0 Å². The fourth-order valence-corrected chi connectivity index (χ4v) is 3.76. The highest BCUT2D eigenvalue weighted by Crippen LogP contribution is 2.30. The van der Waals surface area contributed by atoms with Crippen LogP contribution < -0.4 is 0 Å². The third kappa shape index (κ3) is 4.83. The monoisotopic (exact) mass is 383 g/mol. The molecule has 3 aromatic rings. The van der Waals surface area contributed by atoms with Gasteiger partial charge in [-0.25, -0.2) is 0 Å². The molecule has 0 aliphatic rings.